The van der Waals surface area contributed by atoms with E-state index < -0.39 is 15.9 Å². The number of Topliss-reactive ketones (excluding diaryl/α,β-unsaturated/α-hetero) is 1. The molecule has 0 bridgehead atoms. The molecule has 0 aliphatic heterocycles. The van der Waals surface area contributed by atoms with Crippen molar-refractivity contribution in [1.82, 2.24) is 5.32 Å². The van der Waals surface area contributed by atoms with Crippen molar-refractivity contribution >= 4 is 27.4 Å². The van der Waals surface area contributed by atoms with E-state index >= 15 is 0 Å². The molecule has 2 aromatic carbocycles. The Bertz CT molecular complexity index is 910. The molecule has 2 rings (SSSR count). The summed E-state index contributed by atoms with van der Waals surface area (Å²) in [5.41, 5.74) is 1.61. The molecule has 0 atom stereocenters. The van der Waals surface area contributed by atoms with Gasteiger partial charge in [0.1, 0.15) is 12.4 Å². The number of nitrogens with one attached hydrogen (secondary N) is 1. The summed E-state index contributed by atoms with van der Waals surface area (Å²) in [7, 11) is -3.68. The normalized spacial score (nSPS) is 11.1. The van der Waals surface area contributed by atoms with Gasteiger partial charge in [0, 0.05) is 12.1 Å². The Kier molecular flexibility index (Phi) is 6.68. The Morgan fingerprint density at radius 1 is 1.04 bits per heavy atom. The Morgan fingerprint density at radius 2 is 1.63 bits per heavy atom. The summed E-state index contributed by atoms with van der Waals surface area (Å²) in [6.45, 7) is 1.34. The highest BCUT2D eigenvalue weighted by molar-refractivity contribution is 7.92. The first-order chi connectivity index (χ1) is 12.7. The van der Waals surface area contributed by atoms with Gasteiger partial charge in [-0.1, -0.05) is 12.1 Å². The Labute approximate surface area is 158 Å². The van der Waals surface area contributed by atoms with E-state index in [1.54, 1.807) is 12.1 Å². The van der Waals surface area contributed by atoms with Gasteiger partial charge in [0.15, 0.2) is 5.78 Å². The number of amides is 1. The quantitative estimate of drug-likeness (QED) is 0.698. The SMILES string of the molecule is CC(=O)c1ccc(N(CC(=O)NCCc2ccc(F)cc2)S(C)(=O)=O)cc1. The van der Waals surface area contributed by atoms with Crippen molar-refractivity contribution in [1.29, 1.82) is 0 Å². The third kappa shape index (κ3) is 6.18. The van der Waals surface area contributed by atoms with Crippen molar-refractivity contribution in [2.75, 3.05) is 23.7 Å². The Morgan fingerprint density at radius 3 is 2.15 bits per heavy atom. The lowest BCUT2D eigenvalue weighted by atomic mass is 10.1. The number of halogens is 1. The second-order valence-electron chi connectivity index (χ2n) is 6.10. The zero-order chi connectivity index (χ0) is 20.0. The average molecular weight is 392 g/mol. The largest absolute Gasteiger partial charge is 0.354 e. The first-order valence-corrected chi connectivity index (χ1v) is 10.1. The zero-order valence-electron chi connectivity index (χ0n) is 15.1. The number of nitrogens with zero attached hydrogens (tertiary/aromatic N) is 1. The number of carbonyl (C=O) groups is 2. The van der Waals surface area contributed by atoms with Crippen LogP contribution in [0.15, 0.2) is 48.5 Å². The molecule has 27 heavy (non-hydrogen) atoms. The van der Waals surface area contributed by atoms with Crippen LogP contribution in [0.1, 0.15) is 22.8 Å². The third-order valence-corrected chi connectivity index (χ3v) is 5.04. The lowest BCUT2D eigenvalue weighted by molar-refractivity contribution is -0.119. The summed E-state index contributed by atoms with van der Waals surface area (Å²) in [6.07, 6.45) is 1.51. The van der Waals surface area contributed by atoms with E-state index in [-0.39, 0.29) is 18.1 Å². The van der Waals surface area contributed by atoms with Gasteiger partial charge in [0.05, 0.1) is 11.9 Å². The van der Waals surface area contributed by atoms with E-state index in [4.69, 9.17) is 0 Å². The van der Waals surface area contributed by atoms with Crippen LogP contribution < -0.4 is 9.62 Å². The van der Waals surface area contributed by atoms with Crippen LogP contribution >= 0.6 is 0 Å². The summed E-state index contributed by atoms with van der Waals surface area (Å²) >= 11 is 0. The molecule has 0 saturated carbocycles. The molecule has 6 nitrogen and oxygen atoms in total. The summed E-state index contributed by atoms with van der Waals surface area (Å²) in [5.74, 6) is -0.924. The number of benzene rings is 2. The number of hydrogen-bond acceptors (Lipinski definition) is 4. The van der Waals surface area contributed by atoms with Crippen LogP contribution in [0.5, 0.6) is 0 Å². The van der Waals surface area contributed by atoms with Crippen LogP contribution in [0.3, 0.4) is 0 Å². The fraction of sp³-hybridized carbons (Fsp3) is 0.263. The molecule has 144 valence electrons. The van der Waals surface area contributed by atoms with Gasteiger partial charge in [-0.05, 0) is 55.3 Å². The first-order valence-electron chi connectivity index (χ1n) is 8.26. The van der Waals surface area contributed by atoms with E-state index in [0.29, 0.717) is 24.2 Å². The number of ketones is 1. The van der Waals surface area contributed by atoms with Crippen LogP contribution in [-0.4, -0.2) is 39.5 Å². The lowest BCUT2D eigenvalue weighted by Gasteiger charge is -2.22. The van der Waals surface area contributed by atoms with Gasteiger partial charge in [-0.15, -0.1) is 0 Å². The molecule has 2 aromatic rings. The maximum atomic E-state index is 12.9. The van der Waals surface area contributed by atoms with Crippen molar-refractivity contribution in [2.45, 2.75) is 13.3 Å². The van der Waals surface area contributed by atoms with Crippen LogP contribution in [-0.2, 0) is 21.2 Å². The summed E-state index contributed by atoms with van der Waals surface area (Å²) < 4.78 is 38.0. The van der Waals surface area contributed by atoms with Gasteiger partial charge in [-0.2, -0.15) is 0 Å². The maximum absolute atomic E-state index is 12.9. The molecular formula is C19H21FN2O4S. The minimum absolute atomic E-state index is 0.133. The van der Waals surface area contributed by atoms with Gasteiger partial charge in [-0.3, -0.25) is 13.9 Å². The van der Waals surface area contributed by atoms with Crippen molar-refractivity contribution in [3.05, 3.63) is 65.5 Å². The standard InChI is InChI=1S/C19H21FN2O4S/c1-14(23)16-5-9-18(10-6-16)22(27(2,25)26)13-19(24)21-12-11-15-3-7-17(20)8-4-15/h3-10H,11-13H2,1-2H3,(H,21,24). The molecule has 0 saturated heterocycles. The highest BCUT2D eigenvalue weighted by Gasteiger charge is 2.20. The molecular weight excluding hydrogens is 371 g/mol. The number of carbonyl (C=O) groups excluding carboxylic acids is 2. The van der Waals surface area contributed by atoms with E-state index in [1.807, 2.05) is 0 Å². The molecule has 0 heterocycles. The van der Waals surface area contributed by atoms with E-state index in [0.717, 1.165) is 16.1 Å². The number of anilines is 1. The molecule has 0 fully saturated rings. The average Bonchev–Trinajstić information content (AvgIpc) is 2.60. The molecule has 1 N–H and O–H groups in total. The van der Waals surface area contributed by atoms with Crippen molar-refractivity contribution in [2.24, 2.45) is 0 Å². The second kappa shape index (κ2) is 8.77. The van der Waals surface area contributed by atoms with Crippen LogP contribution in [0, 0.1) is 5.82 Å². The highest BCUT2D eigenvalue weighted by atomic mass is 32.2. The monoisotopic (exact) mass is 392 g/mol. The van der Waals surface area contributed by atoms with Gasteiger partial charge in [0.25, 0.3) is 0 Å². The molecule has 8 heteroatoms. The molecule has 0 aliphatic carbocycles. The topological polar surface area (TPSA) is 83.6 Å². The lowest BCUT2D eigenvalue weighted by Crippen LogP contribution is -2.41. The van der Waals surface area contributed by atoms with Gasteiger partial charge >= 0.3 is 0 Å². The molecule has 0 aromatic heterocycles. The Balaban J connectivity index is 1.99. The van der Waals surface area contributed by atoms with Crippen molar-refractivity contribution < 1.29 is 22.4 Å². The van der Waals surface area contributed by atoms with Gasteiger partial charge in [-0.25, -0.2) is 12.8 Å². The van der Waals surface area contributed by atoms with E-state index in [9.17, 15) is 22.4 Å². The van der Waals surface area contributed by atoms with Crippen LogP contribution in [0.2, 0.25) is 0 Å². The van der Waals surface area contributed by atoms with E-state index in [1.165, 1.54) is 43.3 Å². The van der Waals surface area contributed by atoms with Crippen molar-refractivity contribution in [3.63, 3.8) is 0 Å². The fourth-order valence-corrected chi connectivity index (χ4v) is 3.30. The maximum Gasteiger partial charge on any atom is 0.240 e. The molecule has 0 aliphatic rings. The van der Waals surface area contributed by atoms with Crippen molar-refractivity contribution in [3.8, 4) is 0 Å². The molecule has 1 amide bonds. The number of hydrogen-bond donors (Lipinski definition) is 1. The van der Waals surface area contributed by atoms with Gasteiger partial charge in [0.2, 0.25) is 15.9 Å². The summed E-state index contributed by atoms with van der Waals surface area (Å²) in [5, 5.41) is 2.65. The predicted octanol–water partition coefficient (Wildman–Crippen LogP) is 2.15. The molecule has 0 spiro atoms. The highest BCUT2D eigenvalue weighted by Crippen LogP contribution is 2.18. The summed E-state index contributed by atoms with van der Waals surface area (Å²) in [6, 6.07) is 11.9. The first kappa shape index (κ1) is 20.6. The summed E-state index contributed by atoms with van der Waals surface area (Å²) in [4.78, 5) is 23.5. The Hall–Kier alpha value is -2.74. The number of rotatable bonds is 8. The second-order valence-corrected chi connectivity index (χ2v) is 8.01. The molecule has 0 unspecified atom stereocenters. The number of sulfonamides is 1. The fourth-order valence-electron chi connectivity index (χ4n) is 2.45. The zero-order valence-corrected chi connectivity index (χ0v) is 15.9. The van der Waals surface area contributed by atoms with Gasteiger partial charge < -0.3 is 5.32 Å². The molecule has 0 radical (unpaired) electrons. The smallest absolute Gasteiger partial charge is 0.240 e. The van der Waals surface area contributed by atoms with E-state index in [2.05, 4.69) is 5.32 Å². The minimum atomic E-state index is -3.68. The third-order valence-electron chi connectivity index (χ3n) is 3.90. The van der Waals surface area contributed by atoms with Crippen LogP contribution in [0.4, 0.5) is 10.1 Å². The minimum Gasteiger partial charge on any atom is -0.354 e. The predicted molar refractivity (Wildman–Crippen MR) is 102 cm³/mol. The van der Waals surface area contributed by atoms with Crippen LogP contribution in [0.25, 0.3) is 0 Å².